The van der Waals surface area contributed by atoms with Crippen LogP contribution in [0.1, 0.15) is 12.7 Å². The SMILES string of the molecule is C[C@@H](Sc1ccc(F)c(F)c1)/C(O)=C(\C#N)c1nc2ccccc2[nH]1. The number of benzene rings is 2. The summed E-state index contributed by atoms with van der Waals surface area (Å²) >= 11 is 1.11. The molecule has 7 heteroatoms. The van der Waals surface area contributed by atoms with Crippen LogP contribution >= 0.6 is 11.8 Å². The van der Waals surface area contributed by atoms with E-state index in [1.54, 1.807) is 13.0 Å². The van der Waals surface area contributed by atoms with Crippen LogP contribution in [0.5, 0.6) is 0 Å². The van der Waals surface area contributed by atoms with Crippen LogP contribution in [-0.2, 0) is 0 Å². The fraction of sp³-hybridized carbons (Fsp3) is 0.111. The molecule has 2 aromatic carbocycles. The van der Waals surface area contributed by atoms with Crippen LogP contribution in [0.3, 0.4) is 0 Å². The molecule has 0 aliphatic carbocycles. The Kier molecular flexibility index (Phi) is 4.72. The summed E-state index contributed by atoms with van der Waals surface area (Å²) in [7, 11) is 0. The first-order valence-electron chi connectivity index (χ1n) is 7.39. The molecule has 4 nitrogen and oxygen atoms in total. The number of hydrogen-bond donors (Lipinski definition) is 2. The summed E-state index contributed by atoms with van der Waals surface area (Å²) in [5, 5.41) is 19.3. The van der Waals surface area contributed by atoms with E-state index >= 15 is 0 Å². The third-order valence-electron chi connectivity index (χ3n) is 3.58. The number of halogens is 2. The Hall–Kier alpha value is -2.85. The zero-order valence-electron chi connectivity index (χ0n) is 13.1. The number of aromatic nitrogens is 2. The van der Waals surface area contributed by atoms with Crippen molar-refractivity contribution in [2.75, 3.05) is 0 Å². The third kappa shape index (κ3) is 3.49. The Morgan fingerprint density at radius 1 is 1.24 bits per heavy atom. The monoisotopic (exact) mass is 357 g/mol. The van der Waals surface area contributed by atoms with Crippen LogP contribution < -0.4 is 0 Å². The van der Waals surface area contributed by atoms with Gasteiger partial charge in [-0.15, -0.1) is 11.8 Å². The fourth-order valence-corrected chi connectivity index (χ4v) is 3.27. The van der Waals surface area contributed by atoms with E-state index in [4.69, 9.17) is 0 Å². The van der Waals surface area contributed by atoms with Gasteiger partial charge in [-0.3, -0.25) is 0 Å². The number of rotatable bonds is 4. The normalized spacial score (nSPS) is 13.4. The number of hydrogen-bond acceptors (Lipinski definition) is 4. The molecule has 3 aromatic rings. The van der Waals surface area contributed by atoms with E-state index in [0.717, 1.165) is 29.4 Å². The Morgan fingerprint density at radius 3 is 2.68 bits per heavy atom. The van der Waals surface area contributed by atoms with E-state index in [9.17, 15) is 19.1 Å². The lowest BCUT2D eigenvalue weighted by atomic mass is 10.2. The van der Waals surface area contributed by atoms with Gasteiger partial charge in [0.05, 0.1) is 16.3 Å². The second kappa shape index (κ2) is 6.95. The minimum atomic E-state index is -0.960. The maximum atomic E-state index is 13.3. The van der Waals surface area contributed by atoms with E-state index in [1.165, 1.54) is 6.07 Å². The summed E-state index contributed by atoms with van der Waals surface area (Å²) in [6, 6.07) is 12.7. The number of aromatic amines is 1. The number of thioether (sulfide) groups is 1. The van der Waals surface area contributed by atoms with Gasteiger partial charge in [-0.2, -0.15) is 5.26 Å². The highest BCUT2D eigenvalue weighted by molar-refractivity contribution is 8.00. The van der Waals surface area contributed by atoms with Crippen molar-refractivity contribution in [3.05, 3.63) is 65.7 Å². The summed E-state index contributed by atoms with van der Waals surface area (Å²) in [5.74, 6) is -1.81. The third-order valence-corrected chi connectivity index (χ3v) is 4.69. The lowest BCUT2D eigenvalue weighted by Crippen LogP contribution is -2.05. The van der Waals surface area contributed by atoms with Gasteiger partial charge in [0.15, 0.2) is 17.5 Å². The average molecular weight is 357 g/mol. The Balaban J connectivity index is 1.92. The fourth-order valence-electron chi connectivity index (χ4n) is 2.32. The summed E-state index contributed by atoms with van der Waals surface area (Å²) in [6.45, 7) is 1.67. The minimum Gasteiger partial charge on any atom is -0.510 e. The maximum Gasteiger partial charge on any atom is 0.159 e. The van der Waals surface area contributed by atoms with Crippen molar-refractivity contribution in [2.45, 2.75) is 17.1 Å². The molecule has 1 heterocycles. The number of nitriles is 1. The van der Waals surface area contributed by atoms with Crippen LogP contribution in [0.2, 0.25) is 0 Å². The molecule has 2 N–H and O–H groups in total. The zero-order valence-corrected chi connectivity index (χ0v) is 13.9. The molecule has 1 atom stereocenters. The Labute approximate surface area is 146 Å². The van der Waals surface area contributed by atoms with Gasteiger partial charge in [-0.05, 0) is 37.3 Å². The molecule has 0 saturated heterocycles. The predicted octanol–water partition coefficient (Wildman–Crippen LogP) is 4.81. The van der Waals surface area contributed by atoms with Crippen LogP contribution in [-0.4, -0.2) is 20.3 Å². The smallest absolute Gasteiger partial charge is 0.159 e. The van der Waals surface area contributed by atoms with Gasteiger partial charge in [-0.25, -0.2) is 13.8 Å². The molecule has 126 valence electrons. The summed E-state index contributed by atoms with van der Waals surface area (Å²) < 4.78 is 26.3. The highest BCUT2D eigenvalue weighted by Crippen LogP contribution is 2.31. The van der Waals surface area contributed by atoms with E-state index < -0.39 is 16.9 Å². The summed E-state index contributed by atoms with van der Waals surface area (Å²) in [4.78, 5) is 7.74. The second-order valence-corrected chi connectivity index (χ2v) is 6.72. The van der Waals surface area contributed by atoms with Crippen molar-refractivity contribution < 1.29 is 13.9 Å². The molecule has 25 heavy (non-hydrogen) atoms. The first-order valence-corrected chi connectivity index (χ1v) is 8.27. The molecule has 1 aromatic heterocycles. The average Bonchev–Trinajstić information content (AvgIpc) is 3.02. The molecular formula is C18H13F2N3OS. The molecule has 0 radical (unpaired) electrons. The molecule has 0 aliphatic rings. The van der Waals surface area contributed by atoms with Crippen LogP contribution in [0.25, 0.3) is 16.6 Å². The zero-order chi connectivity index (χ0) is 18.0. The first-order chi connectivity index (χ1) is 12.0. The number of aliphatic hydroxyl groups is 1. The van der Waals surface area contributed by atoms with E-state index in [1.807, 2.05) is 24.3 Å². The highest BCUT2D eigenvalue weighted by Gasteiger charge is 2.19. The van der Waals surface area contributed by atoms with E-state index in [-0.39, 0.29) is 17.2 Å². The van der Waals surface area contributed by atoms with Gasteiger partial charge < -0.3 is 10.1 Å². The van der Waals surface area contributed by atoms with E-state index in [0.29, 0.717) is 10.4 Å². The highest BCUT2D eigenvalue weighted by atomic mass is 32.2. The van der Waals surface area contributed by atoms with E-state index in [2.05, 4.69) is 9.97 Å². The first kappa shape index (κ1) is 17.0. The van der Waals surface area contributed by atoms with Crippen molar-refractivity contribution in [1.82, 2.24) is 9.97 Å². The molecule has 0 fully saturated rings. The quantitative estimate of drug-likeness (QED) is 0.399. The largest absolute Gasteiger partial charge is 0.510 e. The number of aliphatic hydroxyl groups excluding tert-OH is 1. The number of para-hydroxylation sites is 2. The van der Waals surface area contributed by atoms with Crippen molar-refractivity contribution in [3.8, 4) is 6.07 Å². The van der Waals surface area contributed by atoms with Crippen molar-refractivity contribution >= 4 is 28.4 Å². The molecule has 0 aliphatic heterocycles. The van der Waals surface area contributed by atoms with Gasteiger partial charge in [0.25, 0.3) is 0 Å². The predicted molar refractivity (Wildman–Crippen MR) is 92.9 cm³/mol. The molecule has 0 saturated carbocycles. The number of H-pyrrole nitrogens is 1. The number of allylic oxidation sites excluding steroid dienone is 1. The summed E-state index contributed by atoms with van der Waals surface area (Å²) in [5.41, 5.74) is 1.44. The standard InChI is InChI=1S/C18H13F2N3OS/c1-10(25-11-6-7-13(19)14(20)8-11)17(24)12(9-21)18-22-15-4-2-3-5-16(15)23-18/h2-8,10,24H,1H3,(H,22,23)/b17-12-/t10-/m1/s1. The molecule has 0 amide bonds. The minimum absolute atomic E-state index is 0.0128. The molecule has 0 unspecified atom stereocenters. The Morgan fingerprint density at radius 2 is 2.00 bits per heavy atom. The molecule has 0 spiro atoms. The molecule has 3 rings (SSSR count). The Bertz CT molecular complexity index is 974. The van der Waals surface area contributed by atoms with Crippen LogP contribution in [0.15, 0.2) is 53.1 Å². The number of nitrogens with zero attached hydrogens (tertiary/aromatic N) is 2. The number of nitrogens with one attached hydrogen (secondary N) is 1. The number of imidazole rings is 1. The van der Waals surface area contributed by atoms with Gasteiger partial charge in [0.2, 0.25) is 0 Å². The molecular weight excluding hydrogens is 344 g/mol. The van der Waals surface area contributed by atoms with Gasteiger partial charge in [0, 0.05) is 4.90 Å². The molecule has 0 bridgehead atoms. The van der Waals surface area contributed by atoms with Crippen molar-refractivity contribution in [1.29, 1.82) is 5.26 Å². The number of fused-ring (bicyclic) bond motifs is 1. The lowest BCUT2D eigenvalue weighted by Gasteiger charge is -2.12. The maximum absolute atomic E-state index is 13.3. The van der Waals surface area contributed by atoms with Gasteiger partial charge in [0.1, 0.15) is 17.4 Å². The van der Waals surface area contributed by atoms with Crippen molar-refractivity contribution in [3.63, 3.8) is 0 Å². The summed E-state index contributed by atoms with van der Waals surface area (Å²) in [6.07, 6.45) is 0. The topological polar surface area (TPSA) is 72.7 Å². The van der Waals surface area contributed by atoms with Crippen LogP contribution in [0.4, 0.5) is 8.78 Å². The van der Waals surface area contributed by atoms with Crippen LogP contribution in [0, 0.1) is 23.0 Å². The van der Waals surface area contributed by atoms with Gasteiger partial charge >= 0.3 is 0 Å². The lowest BCUT2D eigenvalue weighted by molar-refractivity contribution is 0.402. The second-order valence-electron chi connectivity index (χ2n) is 5.31. The van der Waals surface area contributed by atoms with Crippen molar-refractivity contribution in [2.24, 2.45) is 0 Å². The van der Waals surface area contributed by atoms with Gasteiger partial charge in [-0.1, -0.05) is 12.1 Å².